The number of aromatic nitrogens is 3. The largest absolute Gasteiger partial charge is 0.504 e. The molecule has 3 aliphatic rings. The number of amides is 2. The number of hydrogen-bond acceptors (Lipinski definition) is 6. The molecule has 2 aromatic rings. The average molecular weight is 574 g/mol. The van der Waals surface area contributed by atoms with Crippen LogP contribution in [0.5, 0.6) is 11.5 Å². The number of halogens is 3. The Labute approximate surface area is 211 Å². The molecule has 13 heteroatoms. The van der Waals surface area contributed by atoms with Crippen LogP contribution in [0.15, 0.2) is 39.4 Å². The Bertz CT molecular complexity index is 1410. The van der Waals surface area contributed by atoms with Crippen molar-refractivity contribution in [3.05, 3.63) is 56.4 Å². The molecule has 1 aromatic heterocycles. The minimum Gasteiger partial charge on any atom is -0.504 e. The van der Waals surface area contributed by atoms with E-state index < -0.39 is 44.9 Å². The molecule has 5 rings (SSSR count). The average Bonchev–Trinajstić information content (AvgIpc) is 3.12. The first-order valence-electron chi connectivity index (χ1n) is 10.3. The smallest absolute Gasteiger partial charge is 0.347 e. The van der Waals surface area contributed by atoms with Gasteiger partial charge in [0.1, 0.15) is 0 Å². The highest BCUT2D eigenvalue weighted by Gasteiger charge is 2.75. The van der Waals surface area contributed by atoms with E-state index in [1.54, 1.807) is 12.1 Å². The summed E-state index contributed by atoms with van der Waals surface area (Å²) in [4.78, 5) is 49.6. The topological polar surface area (TPSA) is 116 Å². The van der Waals surface area contributed by atoms with E-state index in [0.717, 1.165) is 9.47 Å². The van der Waals surface area contributed by atoms with Gasteiger partial charge in [0.15, 0.2) is 21.2 Å². The summed E-state index contributed by atoms with van der Waals surface area (Å²) < 4.78 is 8.64. The number of phenols is 1. The molecule has 3 heterocycles. The predicted molar refractivity (Wildman–Crippen MR) is 126 cm³/mol. The Morgan fingerprint density at radius 3 is 2.50 bits per heavy atom. The maximum absolute atomic E-state index is 13.6. The van der Waals surface area contributed by atoms with Crippen LogP contribution in [0.3, 0.4) is 0 Å². The normalized spacial score (nSPS) is 30.0. The van der Waals surface area contributed by atoms with Gasteiger partial charge in [0.05, 0.1) is 25.2 Å². The number of alkyl halides is 3. The predicted octanol–water partition coefficient (Wildman–Crippen LogP) is 1.41. The number of carbonyl (C=O) groups is 2. The highest BCUT2D eigenvalue weighted by atomic mass is 79.9. The van der Waals surface area contributed by atoms with Gasteiger partial charge in [-0.3, -0.25) is 14.5 Å². The van der Waals surface area contributed by atoms with Crippen LogP contribution in [-0.2, 0) is 23.2 Å². The lowest BCUT2D eigenvalue weighted by Gasteiger charge is -2.49. The molecule has 1 aliphatic carbocycles. The maximum Gasteiger partial charge on any atom is 0.347 e. The minimum absolute atomic E-state index is 0.0614. The van der Waals surface area contributed by atoms with Crippen molar-refractivity contribution < 1.29 is 19.4 Å². The molecule has 4 atom stereocenters. The summed E-state index contributed by atoms with van der Waals surface area (Å²) in [5.41, 5.74) is -0.240. The lowest BCUT2D eigenvalue weighted by molar-refractivity contribution is -0.138. The quantitative estimate of drug-likeness (QED) is 0.257. The fraction of sp³-hybridized carbons (Fsp3) is 0.429. The van der Waals surface area contributed by atoms with Crippen LogP contribution in [0.1, 0.15) is 23.9 Å². The summed E-state index contributed by atoms with van der Waals surface area (Å²) in [6.07, 6.45) is 1.55. The molecule has 1 aromatic carbocycles. The Kier molecular flexibility index (Phi) is 5.13. The van der Waals surface area contributed by atoms with Crippen molar-refractivity contribution in [2.75, 3.05) is 12.6 Å². The molecule has 0 bridgehead atoms. The third-order valence-electron chi connectivity index (χ3n) is 7.01. The van der Waals surface area contributed by atoms with Gasteiger partial charge >= 0.3 is 11.4 Å². The van der Waals surface area contributed by atoms with E-state index in [1.807, 2.05) is 0 Å². The first-order valence-corrected chi connectivity index (χ1v) is 12.2. The third kappa shape index (κ3) is 2.63. The van der Waals surface area contributed by atoms with E-state index in [-0.39, 0.29) is 29.9 Å². The Balaban J connectivity index is 1.81. The fourth-order valence-corrected chi connectivity index (χ4v) is 6.79. The summed E-state index contributed by atoms with van der Waals surface area (Å²) in [5.74, 6) is -2.36. The number of hydrogen-bond donors (Lipinski definition) is 1. The van der Waals surface area contributed by atoms with Gasteiger partial charge in [-0.2, -0.15) is 0 Å². The van der Waals surface area contributed by atoms with Crippen molar-refractivity contribution in [1.29, 1.82) is 0 Å². The van der Waals surface area contributed by atoms with Gasteiger partial charge in [0, 0.05) is 19.4 Å². The molecule has 2 aliphatic heterocycles. The zero-order chi connectivity index (χ0) is 24.7. The number of carbonyl (C=O) groups excluding carboxylic acids is 2. The monoisotopic (exact) mass is 572 g/mol. The number of allylic oxidation sites excluding steroid dienone is 2. The molecule has 0 radical (unpaired) electrons. The highest BCUT2D eigenvalue weighted by Crippen LogP contribution is 2.63. The van der Waals surface area contributed by atoms with E-state index in [0.29, 0.717) is 11.1 Å². The van der Waals surface area contributed by atoms with Crippen molar-refractivity contribution in [1.82, 2.24) is 18.8 Å². The van der Waals surface area contributed by atoms with E-state index in [1.165, 1.54) is 35.7 Å². The Morgan fingerprint density at radius 1 is 1.18 bits per heavy atom. The molecule has 1 saturated heterocycles. The summed E-state index contributed by atoms with van der Waals surface area (Å²) >= 11 is 17.2. The van der Waals surface area contributed by atoms with Crippen LogP contribution in [0.2, 0.25) is 0 Å². The number of imide groups is 1. The van der Waals surface area contributed by atoms with Crippen molar-refractivity contribution in [2.24, 2.45) is 7.05 Å². The van der Waals surface area contributed by atoms with Crippen molar-refractivity contribution in [3.8, 4) is 11.5 Å². The number of aromatic hydroxyl groups is 1. The molecule has 0 unspecified atom stereocenters. The minimum atomic E-state index is -1.94. The highest BCUT2D eigenvalue weighted by molar-refractivity contribution is 9.09. The van der Waals surface area contributed by atoms with E-state index >= 15 is 0 Å². The first kappa shape index (κ1) is 23.3. The second-order valence-electron chi connectivity index (χ2n) is 8.51. The number of fused-ring (bicyclic) bond motifs is 4. The molecule has 2 amide bonds. The lowest BCUT2D eigenvalue weighted by atomic mass is 9.64. The molecule has 34 heavy (non-hydrogen) atoms. The van der Waals surface area contributed by atoms with Crippen LogP contribution in [0.4, 0.5) is 0 Å². The zero-order valence-corrected chi connectivity index (χ0v) is 21.1. The summed E-state index contributed by atoms with van der Waals surface area (Å²) in [6.45, 7) is 0.0614. The second-order valence-corrected chi connectivity index (χ2v) is 10.3. The number of methoxy groups -OCH3 is 1. The molecule has 1 N–H and O–H groups in total. The number of ether oxygens (including phenoxy) is 1. The summed E-state index contributed by atoms with van der Waals surface area (Å²) in [5, 5.41) is 10.5. The summed E-state index contributed by atoms with van der Waals surface area (Å²) in [7, 11) is 2.76. The third-order valence-corrected chi connectivity index (χ3v) is 8.92. The van der Waals surface area contributed by atoms with Crippen molar-refractivity contribution in [2.45, 2.75) is 34.7 Å². The van der Waals surface area contributed by atoms with Gasteiger partial charge in [-0.05, 0) is 23.3 Å². The van der Waals surface area contributed by atoms with Crippen LogP contribution in [0.25, 0.3) is 0 Å². The van der Waals surface area contributed by atoms with Crippen LogP contribution >= 0.6 is 39.1 Å². The van der Waals surface area contributed by atoms with Crippen LogP contribution in [-0.4, -0.2) is 58.1 Å². The van der Waals surface area contributed by atoms with Gasteiger partial charge in [0.25, 0.3) is 11.8 Å². The molecular weight excluding hydrogens is 555 g/mol. The van der Waals surface area contributed by atoms with Crippen molar-refractivity contribution in [3.63, 3.8) is 0 Å². The molecule has 10 nitrogen and oxygen atoms in total. The molecule has 0 spiro atoms. The number of benzene rings is 1. The van der Waals surface area contributed by atoms with E-state index in [9.17, 15) is 24.3 Å². The summed E-state index contributed by atoms with van der Waals surface area (Å²) in [6, 6.07) is 3.72. The van der Waals surface area contributed by atoms with Gasteiger partial charge in [-0.1, -0.05) is 28.1 Å². The van der Waals surface area contributed by atoms with E-state index in [4.69, 9.17) is 27.9 Å². The van der Waals surface area contributed by atoms with Gasteiger partial charge in [0.2, 0.25) is 0 Å². The number of phenolic OH excluding ortho intramolecular Hbond substituents is 1. The molecular formula is C21H19BrCl2N4O6. The fourth-order valence-electron chi connectivity index (χ4n) is 5.38. The SMILES string of the molecule is COc1ccc([C@H]2C3=CCn4c(=O)n(C)c(=O)n4[C@@H]3C[C@@]3(Cl)C(=O)N(CBr)C(=O)[C@@]23Cl)cc1O. The van der Waals surface area contributed by atoms with Gasteiger partial charge in [-0.15, -0.1) is 23.2 Å². The van der Waals surface area contributed by atoms with Gasteiger partial charge < -0.3 is 9.84 Å². The van der Waals surface area contributed by atoms with E-state index in [2.05, 4.69) is 15.9 Å². The second kappa shape index (κ2) is 7.50. The number of nitrogens with zero attached hydrogens (tertiary/aromatic N) is 4. The molecule has 1 saturated carbocycles. The standard InChI is InChI=1S/C21H19BrCl2N4O6/c1-25-18(32)27-6-5-11-12(28(27)19(25)33)8-20(23)16(30)26(9-22)17(31)21(20,24)15(11)10-3-4-14(34-2)13(29)7-10/h3-5,7,12,15,29H,6,8-9H2,1-2H3/t12-,15+,20-,21+/m1/s1. The first-order chi connectivity index (χ1) is 16.0. The number of likely N-dealkylation sites (tertiary alicyclic amines) is 1. The maximum atomic E-state index is 13.6. The van der Waals surface area contributed by atoms with Crippen LogP contribution < -0.4 is 16.1 Å². The molecule has 180 valence electrons. The zero-order valence-electron chi connectivity index (χ0n) is 18.0. The Hall–Kier alpha value is -2.50. The lowest BCUT2D eigenvalue weighted by Crippen LogP contribution is -2.59. The van der Waals surface area contributed by atoms with Gasteiger partial charge in [-0.25, -0.2) is 23.5 Å². The van der Waals surface area contributed by atoms with Crippen LogP contribution in [0, 0.1) is 0 Å². The van der Waals surface area contributed by atoms with Crippen molar-refractivity contribution >= 4 is 50.9 Å². The Morgan fingerprint density at radius 2 is 1.88 bits per heavy atom. The number of rotatable bonds is 3. The molecule has 2 fully saturated rings.